The Morgan fingerprint density at radius 1 is 0.897 bits per heavy atom. The van der Waals surface area contributed by atoms with Crippen LogP contribution in [0.2, 0.25) is 0 Å². The molecule has 0 saturated heterocycles. The molecule has 0 saturated carbocycles. The van der Waals surface area contributed by atoms with Gasteiger partial charge in [0.05, 0.1) is 17.8 Å². The van der Waals surface area contributed by atoms with E-state index < -0.39 is 18.9 Å². The molecular weight excluding hydrogens is 496 g/mol. The Kier molecular flexibility index (Phi) is 12.6. The molecule has 0 fully saturated rings. The van der Waals surface area contributed by atoms with Gasteiger partial charge in [-0.2, -0.15) is 0 Å². The van der Waals surface area contributed by atoms with Gasteiger partial charge >= 0.3 is 18.1 Å². The molecule has 2 aromatic rings. The van der Waals surface area contributed by atoms with Crippen LogP contribution in [0.1, 0.15) is 64.5 Å². The lowest BCUT2D eigenvalue weighted by atomic mass is 9.92. The van der Waals surface area contributed by atoms with Gasteiger partial charge in [-0.05, 0) is 60.9 Å². The first kappa shape index (κ1) is 31.5. The topological polar surface area (TPSA) is 109 Å². The van der Waals surface area contributed by atoms with Crippen LogP contribution in [0.3, 0.4) is 0 Å². The fourth-order valence-electron chi connectivity index (χ4n) is 4.24. The van der Waals surface area contributed by atoms with Gasteiger partial charge in [-0.25, -0.2) is 9.59 Å². The second-order valence-electron chi connectivity index (χ2n) is 10.5. The first-order valence-electron chi connectivity index (χ1n) is 13.6. The average molecular weight is 541 g/mol. The number of benzene rings is 2. The van der Waals surface area contributed by atoms with E-state index in [1.165, 1.54) is 7.05 Å². The van der Waals surface area contributed by atoms with Crippen molar-refractivity contribution in [2.75, 3.05) is 42.5 Å². The van der Waals surface area contributed by atoms with Crippen LogP contribution < -0.4 is 20.9 Å². The van der Waals surface area contributed by atoms with Gasteiger partial charge < -0.3 is 30.3 Å². The van der Waals surface area contributed by atoms with Crippen molar-refractivity contribution in [3.8, 4) is 0 Å². The molecule has 1 atom stereocenters. The molecule has 2 rings (SSSR count). The zero-order valence-electron chi connectivity index (χ0n) is 24.3. The number of anilines is 3. The maximum atomic E-state index is 13.1. The third kappa shape index (κ3) is 10.9. The molecule has 214 valence electrons. The summed E-state index contributed by atoms with van der Waals surface area (Å²) in [5, 5.41) is 8.26. The van der Waals surface area contributed by atoms with Crippen molar-refractivity contribution in [2.24, 2.45) is 11.8 Å². The molecule has 39 heavy (non-hydrogen) atoms. The number of carbonyl (C=O) groups excluding carboxylic acids is 3. The number of hydrogen-bond acceptors (Lipinski definition) is 6. The molecular formula is C30H44N4O5. The summed E-state index contributed by atoms with van der Waals surface area (Å²) >= 11 is 0. The largest absolute Gasteiger partial charge is 0.428 e. The zero-order valence-corrected chi connectivity index (χ0v) is 24.3. The zero-order chi connectivity index (χ0) is 28.9. The van der Waals surface area contributed by atoms with Gasteiger partial charge in [0.15, 0.2) is 0 Å². The van der Waals surface area contributed by atoms with E-state index >= 15 is 0 Å². The highest BCUT2D eigenvalue weighted by atomic mass is 16.7. The number of rotatable bonds is 13. The third-order valence-corrected chi connectivity index (χ3v) is 6.08. The highest BCUT2D eigenvalue weighted by Gasteiger charge is 2.21. The van der Waals surface area contributed by atoms with Crippen molar-refractivity contribution >= 4 is 35.2 Å². The maximum absolute atomic E-state index is 13.1. The van der Waals surface area contributed by atoms with E-state index in [0.29, 0.717) is 29.6 Å². The highest BCUT2D eigenvalue weighted by molar-refractivity contribution is 6.02. The number of alkyl carbamates (subject to hydrolysis) is 1. The number of nitrogens with one attached hydrogen (secondary N) is 3. The van der Waals surface area contributed by atoms with Gasteiger partial charge in [-0.1, -0.05) is 58.4 Å². The molecule has 2 aromatic carbocycles. The van der Waals surface area contributed by atoms with Crippen LogP contribution in [-0.2, 0) is 14.3 Å². The molecule has 9 nitrogen and oxygen atoms in total. The smallest absolute Gasteiger partial charge is 0.409 e. The molecule has 0 spiro atoms. The van der Waals surface area contributed by atoms with Crippen LogP contribution in [0.5, 0.6) is 0 Å². The molecule has 0 aliphatic carbocycles. The molecule has 0 bridgehead atoms. The van der Waals surface area contributed by atoms with E-state index in [0.717, 1.165) is 29.9 Å². The fraction of sp³-hybridized carbons (Fsp3) is 0.500. The van der Waals surface area contributed by atoms with E-state index in [1.54, 1.807) is 0 Å². The molecule has 3 N–H and O–H groups in total. The summed E-state index contributed by atoms with van der Waals surface area (Å²) in [5.41, 5.74) is 4.32. The SMILES string of the molecule is CCC(CC(=O)OCOC(=O)NC)c1ccc(N(CC(C)C)CC(C)C)c(NC(=O)Nc2ccc(C)cc2)c1. The van der Waals surface area contributed by atoms with Gasteiger partial charge in [0.25, 0.3) is 0 Å². The minimum Gasteiger partial charge on any atom is -0.428 e. The Morgan fingerprint density at radius 3 is 2.10 bits per heavy atom. The van der Waals surface area contributed by atoms with Crippen molar-refractivity contribution in [1.82, 2.24) is 5.32 Å². The van der Waals surface area contributed by atoms with Crippen molar-refractivity contribution in [2.45, 2.75) is 60.3 Å². The standard InChI is InChI=1S/C30H44N4O5/c1-8-23(16-28(35)38-19-39-30(37)31-7)24-11-14-27(34(17-20(2)3)18-21(4)5)26(15-24)33-29(36)32-25-12-9-22(6)10-13-25/h9-15,20-21,23H,8,16-19H2,1-7H3,(H,31,37)(H2,32,33,36). The van der Waals surface area contributed by atoms with Crippen molar-refractivity contribution in [1.29, 1.82) is 0 Å². The van der Waals surface area contributed by atoms with Gasteiger partial charge in [0.2, 0.25) is 6.79 Å². The van der Waals surface area contributed by atoms with Crippen LogP contribution in [-0.4, -0.2) is 45.0 Å². The Bertz CT molecular complexity index is 1080. The van der Waals surface area contributed by atoms with E-state index in [9.17, 15) is 14.4 Å². The minimum atomic E-state index is -0.669. The van der Waals surface area contributed by atoms with Crippen molar-refractivity contribution in [3.63, 3.8) is 0 Å². The summed E-state index contributed by atoms with van der Waals surface area (Å²) < 4.78 is 9.83. The van der Waals surface area contributed by atoms with Gasteiger partial charge in [-0.3, -0.25) is 4.79 Å². The maximum Gasteiger partial charge on any atom is 0.409 e. The summed E-state index contributed by atoms with van der Waals surface area (Å²) in [6.07, 6.45) is 0.128. The summed E-state index contributed by atoms with van der Waals surface area (Å²) in [7, 11) is 1.43. The quantitative estimate of drug-likeness (QED) is 0.198. The molecule has 9 heteroatoms. The summed E-state index contributed by atoms with van der Waals surface area (Å²) in [6.45, 7) is 13.9. The molecule has 1 unspecified atom stereocenters. The molecule has 0 aromatic heterocycles. The number of nitrogens with zero attached hydrogens (tertiary/aromatic N) is 1. The van der Waals surface area contributed by atoms with Crippen LogP contribution in [0, 0.1) is 18.8 Å². The van der Waals surface area contributed by atoms with Gasteiger partial charge in [-0.15, -0.1) is 0 Å². The van der Waals surface area contributed by atoms with Crippen molar-refractivity contribution in [3.05, 3.63) is 53.6 Å². The lowest BCUT2D eigenvalue weighted by Crippen LogP contribution is -2.32. The number of urea groups is 1. The first-order valence-corrected chi connectivity index (χ1v) is 13.6. The number of amides is 3. The lowest BCUT2D eigenvalue weighted by Gasteiger charge is -2.31. The summed E-state index contributed by atoms with van der Waals surface area (Å²) in [5.74, 6) is 0.235. The third-order valence-electron chi connectivity index (χ3n) is 6.08. The lowest BCUT2D eigenvalue weighted by molar-refractivity contribution is -0.152. The highest BCUT2D eigenvalue weighted by Crippen LogP contribution is 2.34. The minimum absolute atomic E-state index is 0.115. The summed E-state index contributed by atoms with van der Waals surface area (Å²) in [6, 6.07) is 13.2. The van der Waals surface area contributed by atoms with Crippen LogP contribution in [0.25, 0.3) is 0 Å². The normalized spacial score (nSPS) is 11.6. The number of esters is 1. The Morgan fingerprint density at radius 2 is 1.54 bits per heavy atom. The van der Waals surface area contributed by atoms with Crippen LogP contribution in [0.15, 0.2) is 42.5 Å². The predicted octanol–water partition coefficient (Wildman–Crippen LogP) is 6.50. The number of carbonyl (C=O) groups is 3. The monoisotopic (exact) mass is 540 g/mol. The molecule has 0 heterocycles. The van der Waals surface area contributed by atoms with E-state index in [1.807, 2.05) is 56.3 Å². The van der Waals surface area contributed by atoms with Crippen LogP contribution in [0.4, 0.5) is 26.7 Å². The first-order chi connectivity index (χ1) is 18.5. The Hall–Kier alpha value is -3.75. The molecule has 0 radical (unpaired) electrons. The predicted molar refractivity (Wildman–Crippen MR) is 156 cm³/mol. The van der Waals surface area contributed by atoms with Crippen LogP contribution >= 0.6 is 0 Å². The summed E-state index contributed by atoms with van der Waals surface area (Å²) in [4.78, 5) is 39.0. The van der Waals surface area contributed by atoms with E-state index in [2.05, 4.69) is 48.5 Å². The number of ether oxygens (including phenoxy) is 2. The Balaban J connectivity index is 2.32. The van der Waals surface area contributed by atoms with E-state index in [-0.39, 0.29) is 18.4 Å². The molecule has 0 aliphatic rings. The van der Waals surface area contributed by atoms with Gasteiger partial charge in [0, 0.05) is 25.8 Å². The fourth-order valence-corrected chi connectivity index (χ4v) is 4.24. The van der Waals surface area contributed by atoms with Gasteiger partial charge in [0.1, 0.15) is 0 Å². The van der Waals surface area contributed by atoms with Crippen molar-refractivity contribution < 1.29 is 23.9 Å². The average Bonchev–Trinajstić information content (AvgIpc) is 2.87. The number of aryl methyl sites for hydroxylation is 1. The Labute approximate surface area is 232 Å². The van der Waals surface area contributed by atoms with E-state index in [4.69, 9.17) is 9.47 Å². The molecule has 3 amide bonds. The second-order valence-corrected chi connectivity index (χ2v) is 10.5. The molecule has 0 aliphatic heterocycles. The second kappa shape index (κ2) is 15.6. The number of hydrogen-bond donors (Lipinski definition) is 3.